The Balaban J connectivity index is 1.50. The molecule has 156 valence electrons. The fourth-order valence-corrected chi connectivity index (χ4v) is 4.21. The summed E-state index contributed by atoms with van der Waals surface area (Å²) >= 11 is 1.58. The van der Waals surface area contributed by atoms with E-state index < -0.39 is 0 Å². The van der Waals surface area contributed by atoms with Crippen molar-refractivity contribution >= 4 is 17.7 Å². The summed E-state index contributed by atoms with van der Waals surface area (Å²) in [7, 11) is 0. The predicted octanol–water partition coefficient (Wildman–Crippen LogP) is 4.03. The van der Waals surface area contributed by atoms with Crippen LogP contribution in [-0.4, -0.2) is 38.0 Å². The van der Waals surface area contributed by atoms with Gasteiger partial charge in [0.25, 0.3) is 0 Å². The van der Waals surface area contributed by atoms with Crippen LogP contribution in [0.4, 0.5) is 5.95 Å². The Morgan fingerprint density at radius 3 is 2.79 bits per heavy atom. The van der Waals surface area contributed by atoms with Crippen LogP contribution in [0, 0.1) is 11.8 Å². The summed E-state index contributed by atoms with van der Waals surface area (Å²) in [6, 6.07) is 3.89. The van der Waals surface area contributed by atoms with E-state index in [9.17, 15) is 0 Å². The van der Waals surface area contributed by atoms with E-state index in [0.717, 1.165) is 42.3 Å². The zero-order valence-electron chi connectivity index (χ0n) is 17.2. The molecule has 3 aromatic heterocycles. The summed E-state index contributed by atoms with van der Waals surface area (Å²) in [4.78, 5) is 6.82. The number of furan rings is 1. The SMILES string of the molecule is CC(C)Cc1nc(CSc2nnc(N3CCC(C)CC3)n2Cc2ccco2)no1. The van der Waals surface area contributed by atoms with Crippen LogP contribution in [0.15, 0.2) is 32.5 Å². The van der Waals surface area contributed by atoms with Gasteiger partial charge >= 0.3 is 0 Å². The molecule has 4 rings (SSSR count). The van der Waals surface area contributed by atoms with Gasteiger partial charge in [-0.25, -0.2) is 0 Å². The third-order valence-electron chi connectivity index (χ3n) is 5.08. The Morgan fingerprint density at radius 2 is 2.07 bits per heavy atom. The van der Waals surface area contributed by atoms with Crippen molar-refractivity contribution in [2.75, 3.05) is 18.0 Å². The van der Waals surface area contributed by atoms with E-state index in [4.69, 9.17) is 8.94 Å². The van der Waals surface area contributed by atoms with Gasteiger partial charge in [0.05, 0.1) is 18.6 Å². The summed E-state index contributed by atoms with van der Waals surface area (Å²) in [5.41, 5.74) is 0. The van der Waals surface area contributed by atoms with Crippen molar-refractivity contribution in [3.63, 3.8) is 0 Å². The lowest BCUT2D eigenvalue weighted by atomic mass is 10.00. The highest BCUT2D eigenvalue weighted by Gasteiger charge is 2.23. The van der Waals surface area contributed by atoms with E-state index in [2.05, 4.69) is 50.6 Å². The fourth-order valence-electron chi connectivity index (χ4n) is 3.44. The lowest BCUT2D eigenvalue weighted by molar-refractivity contribution is 0.360. The molecule has 0 spiro atoms. The number of thioether (sulfide) groups is 1. The summed E-state index contributed by atoms with van der Waals surface area (Å²) < 4.78 is 13.1. The standard InChI is InChI=1S/C20H28N6O2S/c1-14(2)11-18-21-17(24-28-18)13-29-20-23-22-19(25-8-6-15(3)7-9-25)26(20)12-16-5-4-10-27-16/h4-5,10,14-15H,6-9,11-13H2,1-3H3. The molecule has 0 saturated carbocycles. The number of anilines is 1. The van der Waals surface area contributed by atoms with Crippen molar-refractivity contribution in [3.05, 3.63) is 35.9 Å². The Hall–Kier alpha value is -2.29. The van der Waals surface area contributed by atoms with Crippen LogP contribution in [0.25, 0.3) is 0 Å². The second kappa shape index (κ2) is 9.02. The molecule has 0 bridgehead atoms. The van der Waals surface area contributed by atoms with Gasteiger partial charge in [-0.2, -0.15) is 4.98 Å². The molecule has 0 amide bonds. The summed E-state index contributed by atoms with van der Waals surface area (Å²) in [6.45, 7) is 9.20. The van der Waals surface area contributed by atoms with Crippen LogP contribution in [0.2, 0.25) is 0 Å². The van der Waals surface area contributed by atoms with Crippen molar-refractivity contribution in [2.45, 2.75) is 57.5 Å². The molecule has 0 aromatic carbocycles. The van der Waals surface area contributed by atoms with Gasteiger partial charge in [-0.15, -0.1) is 10.2 Å². The first-order valence-corrected chi connectivity index (χ1v) is 11.2. The molecule has 8 nitrogen and oxygen atoms in total. The topological polar surface area (TPSA) is 86.0 Å². The molecule has 29 heavy (non-hydrogen) atoms. The van der Waals surface area contributed by atoms with E-state index in [-0.39, 0.29) is 0 Å². The molecular weight excluding hydrogens is 388 g/mol. The van der Waals surface area contributed by atoms with Crippen molar-refractivity contribution in [3.8, 4) is 0 Å². The molecule has 0 unspecified atom stereocenters. The van der Waals surface area contributed by atoms with Gasteiger partial charge < -0.3 is 13.8 Å². The first kappa shape index (κ1) is 20.0. The highest BCUT2D eigenvalue weighted by atomic mass is 32.2. The van der Waals surface area contributed by atoms with Gasteiger partial charge in [0.1, 0.15) is 5.76 Å². The van der Waals surface area contributed by atoms with Crippen LogP contribution < -0.4 is 4.90 Å². The van der Waals surface area contributed by atoms with Gasteiger partial charge in [-0.05, 0) is 36.8 Å². The van der Waals surface area contributed by atoms with Gasteiger partial charge in [0.15, 0.2) is 11.0 Å². The zero-order valence-corrected chi connectivity index (χ0v) is 18.1. The van der Waals surface area contributed by atoms with Gasteiger partial charge in [-0.3, -0.25) is 4.57 Å². The molecule has 0 aliphatic carbocycles. The fraction of sp³-hybridized carbons (Fsp3) is 0.600. The number of rotatable bonds is 8. The number of hydrogen-bond donors (Lipinski definition) is 0. The second-order valence-corrected chi connectivity index (χ2v) is 9.05. The maximum Gasteiger partial charge on any atom is 0.228 e. The Labute approximate surface area is 175 Å². The molecular formula is C20H28N6O2S. The van der Waals surface area contributed by atoms with Crippen LogP contribution in [0.3, 0.4) is 0 Å². The first-order chi connectivity index (χ1) is 14.1. The Kier molecular flexibility index (Phi) is 6.22. The van der Waals surface area contributed by atoms with Gasteiger partial charge in [0.2, 0.25) is 11.8 Å². The quantitative estimate of drug-likeness (QED) is 0.509. The van der Waals surface area contributed by atoms with E-state index >= 15 is 0 Å². The molecule has 4 heterocycles. The normalized spacial score (nSPS) is 15.5. The number of piperidine rings is 1. The largest absolute Gasteiger partial charge is 0.467 e. The molecule has 3 aromatic rings. The zero-order chi connectivity index (χ0) is 20.2. The lowest BCUT2D eigenvalue weighted by Crippen LogP contribution is -2.35. The van der Waals surface area contributed by atoms with Crippen LogP contribution in [0.1, 0.15) is 51.1 Å². The van der Waals surface area contributed by atoms with Crippen LogP contribution in [0.5, 0.6) is 0 Å². The maximum absolute atomic E-state index is 5.58. The van der Waals surface area contributed by atoms with Crippen molar-refractivity contribution in [1.29, 1.82) is 0 Å². The molecule has 1 aliphatic heterocycles. The smallest absolute Gasteiger partial charge is 0.228 e. The van der Waals surface area contributed by atoms with Gasteiger partial charge in [0, 0.05) is 19.5 Å². The van der Waals surface area contributed by atoms with E-state index in [1.165, 1.54) is 12.8 Å². The number of hydrogen-bond acceptors (Lipinski definition) is 8. The van der Waals surface area contributed by atoms with Crippen molar-refractivity contribution in [1.82, 2.24) is 24.9 Å². The summed E-state index contributed by atoms with van der Waals surface area (Å²) in [5, 5.41) is 13.9. The lowest BCUT2D eigenvalue weighted by Gasteiger charge is -2.31. The molecule has 0 atom stereocenters. The average Bonchev–Trinajstić information content (AvgIpc) is 3.43. The average molecular weight is 417 g/mol. The minimum absolute atomic E-state index is 0.488. The van der Waals surface area contributed by atoms with Crippen molar-refractivity contribution < 1.29 is 8.94 Å². The maximum atomic E-state index is 5.58. The number of nitrogens with zero attached hydrogens (tertiary/aromatic N) is 6. The number of aromatic nitrogens is 5. The molecule has 1 saturated heterocycles. The molecule has 0 radical (unpaired) electrons. The highest BCUT2D eigenvalue weighted by Crippen LogP contribution is 2.28. The minimum atomic E-state index is 0.488. The summed E-state index contributed by atoms with van der Waals surface area (Å²) in [6.07, 6.45) is 4.85. The minimum Gasteiger partial charge on any atom is -0.467 e. The predicted molar refractivity (Wildman–Crippen MR) is 111 cm³/mol. The van der Waals surface area contributed by atoms with E-state index in [0.29, 0.717) is 29.9 Å². The third kappa shape index (κ3) is 5.01. The van der Waals surface area contributed by atoms with Crippen LogP contribution in [-0.2, 0) is 18.7 Å². The molecule has 0 N–H and O–H groups in total. The molecule has 9 heteroatoms. The Bertz CT molecular complexity index is 896. The monoisotopic (exact) mass is 416 g/mol. The van der Waals surface area contributed by atoms with Crippen LogP contribution >= 0.6 is 11.8 Å². The first-order valence-electron chi connectivity index (χ1n) is 10.2. The molecule has 1 fully saturated rings. The third-order valence-corrected chi connectivity index (χ3v) is 6.04. The second-order valence-electron chi connectivity index (χ2n) is 8.11. The van der Waals surface area contributed by atoms with E-state index in [1.807, 2.05) is 12.1 Å². The Morgan fingerprint density at radius 1 is 1.24 bits per heavy atom. The molecule has 1 aliphatic rings. The summed E-state index contributed by atoms with van der Waals surface area (Å²) in [5.74, 6) is 5.01. The van der Waals surface area contributed by atoms with E-state index in [1.54, 1.807) is 18.0 Å². The van der Waals surface area contributed by atoms with Gasteiger partial charge in [-0.1, -0.05) is 37.7 Å². The van der Waals surface area contributed by atoms with Crippen molar-refractivity contribution in [2.24, 2.45) is 11.8 Å². The highest BCUT2D eigenvalue weighted by molar-refractivity contribution is 7.98.